The SMILES string of the molecule is Cc1cnc(-c2nc3nc(N(C)C)ccc3[nH]2)cn1. The number of anilines is 1. The summed E-state index contributed by atoms with van der Waals surface area (Å²) in [6.45, 7) is 1.90. The number of hydrogen-bond donors (Lipinski definition) is 1. The van der Waals surface area contributed by atoms with Gasteiger partial charge < -0.3 is 9.88 Å². The average molecular weight is 254 g/mol. The smallest absolute Gasteiger partial charge is 0.180 e. The Morgan fingerprint density at radius 2 is 1.89 bits per heavy atom. The number of fused-ring (bicyclic) bond motifs is 1. The van der Waals surface area contributed by atoms with E-state index in [4.69, 9.17) is 0 Å². The minimum Gasteiger partial charge on any atom is -0.363 e. The zero-order valence-electron chi connectivity index (χ0n) is 11.0. The van der Waals surface area contributed by atoms with Gasteiger partial charge in [-0.15, -0.1) is 0 Å². The van der Waals surface area contributed by atoms with E-state index in [1.165, 1.54) is 0 Å². The first kappa shape index (κ1) is 11.6. The van der Waals surface area contributed by atoms with Gasteiger partial charge in [-0.25, -0.2) is 15.0 Å². The van der Waals surface area contributed by atoms with Crippen LogP contribution in [0.25, 0.3) is 22.7 Å². The van der Waals surface area contributed by atoms with Crippen molar-refractivity contribution in [2.24, 2.45) is 0 Å². The standard InChI is InChI=1S/C13H14N6/c1-8-6-15-10(7-14-8)13-16-9-4-5-11(19(2)3)17-12(9)18-13/h4-7H,1-3H3,(H,16,17,18). The Labute approximate surface area is 110 Å². The van der Waals surface area contributed by atoms with Crippen molar-refractivity contribution in [1.82, 2.24) is 24.9 Å². The van der Waals surface area contributed by atoms with E-state index in [1.54, 1.807) is 12.4 Å². The molecule has 0 aromatic carbocycles. The van der Waals surface area contributed by atoms with Crippen molar-refractivity contribution in [1.29, 1.82) is 0 Å². The highest BCUT2D eigenvalue weighted by atomic mass is 15.2. The molecule has 19 heavy (non-hydrogen) atoms. The monoisotopic (exact) mass is 254 g/mol. The molecule has 0 radical (unpaired) electrons. The van der Waals surface area contributed by atoms with Crippen LogP contribution in [-0.4, -0.2) is 39.0 Å². The summed E-state index contributed by atoms with van der Waals surface area (Å²) in [5, 5.41) is 0. The molecule has 0 saturated carbocycles. The van der Waals surface area contributed by atoms with Gasteiger partial charge >= 0.3 is 0 Å². The van der Waals surface area contributed by atoms with E-state index in [0.29, 0.717) is 11.5 Å². The topological polar surface area (TPSA) is 70.6 Å². The fraction of sp³-hybridized carbons (Fsp3) is 0.231. The molecule has 0 bridgehead atoms. The summed E-state index contributed by atoms with van der Waals surface area (Å²) in [7, 11) is 3.90. The summed E-state index contributed by atoms with van der Waals surface area (Å²) in [4.78, 5) is 22.6. The maximum absolute atomic E-state index is 4.47. The normalized spacial score (nSPS) is 10.9. The first-order chi connectivity index (χ1) is 9.13. The number of hydrogen-bond acceptors (Lipinski definition) is 5. The summed E-state index contributed by atoms with van der Waals surface area (Å²) in [5.41, 5.74) is 3.18. The van der Waals surface area contributed by atoms with Gasteiger partial charge in [0.25, 0.3) is 0 Å². The van der Waals surface area contributed by atoms with Crippen molar-refractivity contribution in [2.75, 3.05) is 19.0 Å². The molecular weight excluding hydrogens is 240 g/mol. The Bertz CT molecular complexity index is 714. The number of aromatic nitrogens is 5. The van der Waals surface area contributed by atoms with Crippen LogP contribution in [0.5, 0.6) is 0 Å². The van der Waals surface area contributed by atoms with Gasteiger partial charge in [-0.05, 0) is 19.1 Å². The minimum absolute atomic E-state index is 0.684. The van der Waals surface area contributed by atoms with Gasteiger partial charge in [-0.3, -0.25) is 4.98 Å². The van der Waals surface area contributed by atoms with Gasteiger partial charge in [0.2, 0.25) is 0 Å². The Hall–Kier alpha value is -2.50. The van der Waals surface area contributed by atoms with E-state index in [-0.39, 0.29) is 0 Å². The highest BCUT2D eigenvalue weighted by Crippen LogP contribution is 2.19. The fourth-order valence-electron chi connectivity index (χ4n) is 1.77. The number of rotatable bonds is 2. The Morgan fingerprint density at radius 1 is 1.05 bits per heavy atom. The predicted octanol–water partition coefficient (Wildman–Crippen LogP) is 1.79. The van der Waals surface area contributed by atoms with Gasteiger partial charge in [-0.2, -0.15) is 0 Å². The largest absolute Gasteiger partial charge is 0.363 e. The average Bonchev–Trinajstić information content (AvgIpc) is 2.82. The van der Waals surface area contributed by atoms with Crippen LogP contribution >= 0.6 is 0 Å². The Morgan fingerprint density at radius 3 is 2.58 bits per heavy atom. The van der Waals surface area contributed by atoms with E-state index in [9.17, 15) is 0 Å². The second kappa shape index (κ2) is 4.31. The first-order valence-electron chi connectivity index (χ1n) is 5.96. The molecule has 0 saturated heterocycles. The molecule has 6 heteroatoms. The van der Waals surface area contributed by atoms with Gasteiger partial charge in [-0.1, -0.05) is 0 Å². The van der Waals surface area contributed by atoms with E-state index in [0.717, 1.165) is 22.7 Å². The Balaban J connectivity index is 2.08. The molecule has 0 unspecified atom stereocenters. The van der Waals surface area contributed by atoms with E-state index >= 15 is 0 Å². The molecule has 0 atom stereocenters. The van der Waals surface area contributed by atoms with Crippen molar-refractivity contribution < 1.29 is 0 Å². The lowest BCUT2D eigenvalue weighted by Gasteiger charge is -2.09. The maximum atomic E-state index is 4.47. The number of nitrogens with one attached hydrogen (secondary N) is 1. The second-order valence-corrected chi connectivity index (χ2v) is 4.56. The highest BCUT2D eigenvalue weighted by Gasteiger charge is 2.09. The minimum atomic E-state index is 0.684. The van der Waals surface area contributed by atoms with Crippen LogP contribution in [0.2, 0.25) is 0 Å². The number of H-pyrrole nitrogens is 1. The summed E-state index contributed by atoms with van der Waals surface area (Å²) in [6.07, 6.45) is 3.43. The molecule has 3 aromatic rings. The van der Waals surface area contributed by atoms with Crippen molar-refractivity contribution in [3.05, 3.63) is 30.2 Å². The molecule has 0 spiro atoms. The zero-order valence-corrected chi connectivity index (χ0v) is 11.0. The van der Waals surface area contributed by atoms with Crippen molar-refractivity contribution in [3.63, 3.8) is 0 Å². The summed E-state index contributed by atoms with van der Waals surface area (Å²) in [6, 6.07) is 3.92. The first-order valence-corrected chi connectivity index (χ1v) is 5.96. The highest BCUT2D eigenvalue weighted by molar-refractivity contribution is 5.76. The van der Waals surface area contributed by atoms with Gasteiger partial charge in [0.05, 0.1) is 17.4 Å². The summed E-state index contributed by atoms with van der Waals surface area (Å²) in [5.74, 6) is 1.56. The number of aromatic amines is 1. The third-order valence-electron chi connectivity index (χ3n) is 2.81. The molecule has 0 aliphatic carbocycles. The number of imidazole rings is 1. The molecule has 1 N–H and O–H groups in total. The third-order valence-corrected chi connectivity index (χ3v) is 2.81. The third kappa shape index (κ3) is 2.12. The fourth-order valence-corrected chi connectivity index (χ4v) is 1.77. The van der Waals surface area contributed by atoms with E-state index in [1.807, 2.05) is 38.1 Å². The van der Waals surface area contributed by atoms with Crippen LogP contribution in [-0.2, 0) is 0 Å². The molecule has 0 amide bonds. The second-order valence-electron chi connectivity index (χ2n) is 4.56. The van der Waals surface area contributed by atoms with Crippen LogP contribution in [0, 0.1) is 6.92 Å². The summed E-state index contributed by atoms with van der Waals surface area (Å²) < 4.78 is 0. The molecule has 6 nitrogen and oxygen atoms in total. The molecule has 0 aliphatic rings. The number of nitrogens with zero attached hydrogens (tertiary/aromatic N) is 5. The predicted molar refractivity (Wildman–Crippen MR) is 74.0 cm³/mol. The van der Waals surface area contributed by atoms with Crippen LogP contribution in [0.3, 0.4) is 0 Å². The lowest BCUT2D eigenvalue weighted by atomic mass is 10.4. The lowest BCUT2D eigenvalue weighted by Crippen LogP contribution is -2.10. The van der Waals surface area contributed by atoms with Crippen LogP contribution < -0.4 is 4.90 Å². The maximum Gasteiger partial charge on any atom is 0.180 e. The quantitative estimate of drug-likeness (QED) is 0.755. The molecule has 3 rings (SSSR count). The van der Waals surface area contributed by atoms with Crippen molar-refractivity contribution in [3.8, 4) is 11.5 Å². The van der Waals surface area contributed by atoms with Crippen LogP contribution in [0.15, 0.2) is 24.5 Å². The zero-order chi connectivity index (χ0) is 13.4. The van der Waals surface area contributed by atoms with Crippen molar-refractivity contribution in [2.45, 2.75) is 6.92 Å². The molecule has 3 heterocycles. The molecule has 0 aliphatic heterocycles. The van der Waals surface area contributed by atoms with E-state index in [2.05, 4.69) is 24.9 Å². The summed E-state index contributed by atoms with van der Waals surface area (Å²) >= 11 is 0. The van der Waals surface area contributed by atoms with Gasteiger partial charge in [0.15, 0.2) is 11.5 Å². The number of pyridine rings is 1. The lowest BCUT2D eigenvalue weighted by molar-refractivity contribution is 1.08. The number of aryl methyl sites for hydroxylation is 1. The van der Waals surface area contributed by atoms with Gasteiger partial charge in [0.1, 0.15) is 11.5 Å². The molecule has 96 valence electrons. The van der Waals surface area contributed by atoms with Crippen LogP contribution in [0.1, 0.15) is 5.69 Å². The van der Waals surface area contributed by atoms with Gasteiger partial charge in [0, 0.05) is 20.3 Å². The molecule has 3 aromatic heterocycles. The van der Waals surface area contributed by atoms with Crippen molar-refractivity contribution >= 4 is 17.0 Å². The molecule has 0 fully saturated rings. The van der Waals surface area contributed by atoms with E-state index < -0.39 is 0 Å². The Kier molecular flexibility index (Phi) is 2.63. The van der Waals surface area contributed by atoms with Crippen LogP contribution in [0.4, 0.5) is 5.82 Å². The molecular formula is C13H14N6.